The number of rotatable bonds is 2. The van der Waals surface area contributed by atoms with Gasteiger partial charge in [0.1, 0.15) is 11.6 Å². The minimum atomic E-state index is -0.645. The zero-order valence-electron chi connectivity index (χ0n) is 8.11. The molecule has 0 radical (unpaired) electrons. The van der Waals surface area contributed by atoms with Crippen molar-refractivity contribution in [2.45, 2.75) is 6.54 Å². The summed E-state index contributed by atoms with van der Waals surface area (Å²) in [6.07, 6.45) is 2.19. The Morgan fingerprint density at radius 3 is 2.31 bits per heavy atom. The largest absolute Gasteiger partial charge is 0.271 e. The molecule has 0 bridgehead atoms. The third kappa shape index (κ3) is 1.84. The first-order valence-electron chi connectivity index (χ1n) is 4.55. The van der Waals surface area contributed by atoms with Crippen LogP contribution in [0.25, 0.3) is 0 Å². The molecule has 1 aromatic carbocycles. The Labute approximate surface area is 90.0 Å². The highest BCUT2D eigenvalue weighted by Gasteiger charge is 2.24. The van der Waals surface area contributed by atoms with Gasteiger partial charge in [-0.1, -0.05) is 0 Å². The van der Waals surface area contributed by atoms with E-state index in [0.717, 1.165) is 35.3 Å². The number of halogens is 2. The van der Waals surface area contributed by atoms with Crippen LogP contribution in [0.1, 0.15) is 5.56 Å². The van der Waals surface area contributed by atoms with Crippen molar-refractivity contribution in [3.05, 3.63) is 47.5 Å². The predicted molar refractivity (Wildman–Crippen MR) is 51.1 cm³/mol. The maximum absolute atomic E-state index is 13.2. The summed E-state index contributed by atoms with van der Waals surface area (Å²) >= 11 is 0. The molecule has 0 N–H and O–H groups in total. The number of hydrogen-bond acceptors (Lipinski definition) is 2. The third-order valence-corrected chi connectivity index (χ3v) is 2.24. The number of benzene rings is 1. The Kier molecular flexibility index (Phi) is 2.52. The molecule has 2 amide bonds. The van der Waals surface area contributed by atoms with Gasteiger partial charge < -0.3 is 0 Å². The van der Waals surface area contributed by atoms with Crippen molar-refractivity contribution in [2.24, 2.45) is 0 Å². The maximum atomic E-state index is 13.2. The van der Waals surface area contributed by atoms with Gasteiger partial charge in [0, 0.05) is 17.7 Å². The average molecular weight is 223 g/mol. The Hall–Kier alpha value is -2.04. The number of hydrogen-bond donors (Lipinski definition) is 0. The van der Waals surface area contributed by atoms with E-state index < -0.39 is 23.4 Å². The lowest BCUT2D eigenvalue weighted by Crippen LogP contribution is -2.29. The normalized spacial score (nSPS) is 15.0. The van der Waals surface area contributed by atoms with Crippen LogP contribution in [0.2, 0.25) is 0 Å². The fourth-order valence-electron chi connectivity index (χ4n) is 1.42. The minimum absolute atomic E-state index is 0.0228. The highest BCUT2D eigenvalue weighted by Crippen LogP contribution is 2.15. The van der Waals surface area contributed by atoms with Gasteiger partial charge in [-0.2, -0.15) is 0 Å². The Balaban J connectivity index is 2.24. The van der Waals surface area contributed by atoms with Gasteiger partial charge in [-0.3, -0.25) is 14.5 Å². The van der Waals surface area contributed by atoms with E-state index in [9.17, 15) is 18.4 Å². The van der Waals surface area contributed by atoms with Crippen LogP contribution in [0, 0.1) is 11.6 Å². The van der Waals surface area contributed by atoms with Crippen LogP contribution in [0.4, 0.5) is 8.78 Å². The summed E-state index contributed by atoms with van der Waals surface area (Å²) in [6, 6.07) is 2.90. The Morgan fingerprint density at radius 1 is 1.06 bits per heavy atom. The second-order valence-corrected chi connectivity index (χ2v) is 3.33. The SMILES string of the molecule is O=C1C=CC(=O)N1Cc1cc(F)ccc1F. The number of nitrogens with zero attached hydrogens (tertiary/aromatic N) is 1. The third-order valence-electron chi connectivity index (χ3n) is 2.24. The van der Waals surface area contributed by atoms with Gasteiger partial charge in [0.25, 0.3) is 11.8 Å². The van der Waals surface area contributed by atoms with Gasteiger partial charge in [-0.25, -0.2) is 8.78 Å². The van der Waals surface area contributed by atoms with Gasteiger partial charge >= 0.3 is 0 Å². The lowest BCUT2D eigenvalue weighted by molar-refractivity contribution is -0.137. The number of imide groups is 1. The second kappa shape index (κ2) is 3.84. The molecule has 2 rings (SSSR count). The van der Waals surface area contributed by atoms with Crippen LogP contribution in [0.5, 0.6) is 0 Å². The van der Waals surface area contributed by atoms with Crippen molar-refractivity contribution in [3.8, 4) is 0 Å². The van der Waals surface area contributed by atoms with E-state index in [1.54, 1.807) is 0 Å². The smallest absolute Gasteiger partial charge is 0.253 e. The monoisotopic (exact) mass is 223 g/mol. The fraction of sp³-hybridized carbons (Fsp3) is 0.0909. The zero-order valence-corrected chi connectivity index (χ0v) is 8.11. The summed E-state index contributed by atoms with van der Waals surface area (Å²) in [7, 11) is 0. The number of carbonyl (C=O) groups excluding carboxylic acids is 2. The van der Waals surface area contributed by atoms with Crippen LogP contribution >= 0.6 is 0 Å². The van der Waals surface area contributed by atoms with Gasteiger partial charge in [-0.15, -0.1) is 0 Å². The van der Waals surface area contributed by atoms with E-state index in [2.05, 4.69) is 0 Å². The first kappa shape index (κ1) is 10.5. The molecular formula is C11H7F2NO2. The lowest BCUT2D eigenvalue weighted by atomic mass is 10.2. The molecule has 1 aliphatic rings. The van der Waals surface area contributed by atoms with E-state index in [1.807, 2.05) is 0 Å². The van der Waals surface area contributed by atoms with Crippen LogP contribution in [-0.4, -0.2) is 16.7 Å². The molecule has 1 aliphatic heterocycles. The summed E-state index contributed by atoms with van der Waals surface area (Å²) in [5.41, 5.74) is -0.0228. The molecule has 0 spiro atoms. The molecular weight excluding hydrogens is 216 g/mol. The molecule has 0 fully saturated rings. The Morgan fingerprint density at radius 2 is 1.69 bits per heavy atom. The van der Waals surface area contributed by atoms with Crippen molar-refractivity contribution < 1.29 is 18.4 Å². The van der Waals surface area contributed by atoms with E-state index in [0.29, 0.717) is 0 Å². The number of amides is 2. The van der Waals surface area contributed by atoms with Crippen molar-refractivity contribution in [1.82, 2.24) is 4.90 Å². The first-order valence-corrected chi connectivity index (χ1v) is 4.55. The highest BCUT2D eigenvalue weighted by molar-refractivity contribution is 6.12. The average Bonchev–Trinajstić information content (AvgIpc) is 2.55. The summed E-state index contributed by atoms with van der Waals surface area (Å²) < 4.78 is 26.1. The molecule has 1 heterocycles. The first-order chi connectivity index (χ1) is 7.58. The molecule has 0 aliphatic carbocycles. The quantitative estimate of drug-likeness (QED) is 0.710. The standard InChI is InChI=1S/C11H7F2NO2/c12-8-1-2-9(13)7(5-8)6-14-10(15)3-4-11(14)16/h1-5H,6H2. The van der Waals surface area contributed by atoms with Crippen LogP contribution in [0.15, 0.2) is 30.4 Å². The Bertz CT molecular complexity index is 479. The second-order valence-electron chi connectivity index (χ2n) is 3.33. The summed E-state index contributed by atoms with van der Waals surface area (Å²) in [5.74, 6) is -2.29. The highest BCUT2D eigenvalue weighted by atomic mass is 19.1. The fourth-order valence-corrected chi connectivity index (χ4v) is 1.42. The van der Waals surface area contributed by atoms with Crippen molar-refractivity contribution in [1.29, 1.82) is 0 Å². The van der Waals surface area contributed by atoms with Gasteiger partial charge in [0.15, 0.2) is 0 Å². The van der Waals surface area contributed by atoms with Crippen molar-refractivity contribution in [3.63, 3.8) is 0 Å². The summed E-state index contributed by atoms with van der Waals surface area (Å²) in [6.45, 7) is -0.256. The van der Waals surface area contributed by atoms with Crippen LogP contribution in [0.3, 0.4) is 0 Å². The van der Waals surface area contributed by atoms with Gasteiger partial charge in [-0.05, 0) is 18.2 Å². The van der Waals surface area contributed by atoms with E-state index >= 15 is 0 Å². The summed E-state index contributed by atoms with van der Waals surface area (Å²) in [5, 5.41) is 0. The molecule has 0 unspecified atom stereocenters. The topological polar surface area (TPSA) is 37.4 Å². The van der Waals surface area contributed by atoms with Crippen LogP contribution < -0.4 is 0 Å². The molecule has 16 heavy (non-hydrogen) atoms. The van der Waals surface area contributed by atoms with Gasteiger partial charge in [0.2, 0.25) is 0 Å². The number of carbonyl (C=O) groups is 2. The molecule has 1 aromatic rings. The van der Waals surface area contributed by atoms with Crippen molar-refractivity contribution in [2.75, 3.05) is 0 Å². The molecule has 82 valence electrons. The van der Waals surface area contributed by atoms with E-state index in [4.69, 9.17) is 0 Å². The molecule has 0 saturated heterocycles. The van der Waals surface area contributed by atoms with E-state index in [1.165, 1.54) is 0 Å². The van der Waals surface area contributed by atoms with Crippen molar-refractivity contribution >= 4 is 11.8 Å². The zero-order chi connectivity index (χ0) is 11.7. The molecule has 0 atom stereocenters. The molecule has 0 saturated carbocycles. The lowest BCUT2D eigenvalue weighted by Gasteiger charge is -2.14. The molecule has 5 heteroatoms. The van der Waals surface area contributed by atoms with Crippen LogP contribution in [-0.2, 0) is 16.1 Å². The molecule has 0 aromatic heterocycles. The maximum Gasteiger partial charge on any atom is 0.253 e. The van der Waals surface area contributed by atoms with Gasteiger partial charge in [0.05, 0.1) is 6.54 Å². The molecule has 3 nitrogen and oxygen atoms in total. The predicted octanol–water partition coefficient (Wildman–Crippen LogP) is 1.39. The minimum Gasteiger partial charge on any atom is -0.271 e. The summed E-state index contributed by atoms with van der Waals surface area (Å²) in [4.78, 5) is 23.2. The van der Waals surface area contributed by atoms with E-state index in [-0.39, 0.29) is 12.1 Å².